The summed E-state index contributed by atoms with van der Waals surface area (Å²) in [6, 6.07) is 7.49. The first-order valence-corrected chi connectivity index (χ1v) is 10.8. The Balaban J connectivity index is 1.83. The highest BCUT2D eigenvalue weighted by atomic mass is 19.4. The van der Waals surface area contributed by atoms with Crippen molar-refractivity contribution in [3.05, 3.63) is 101 Å². The van der Waals surface area contributed by atoms with Gasteiger partial charge in [-0.3, -0.25) is 0 Å². The van der Waals surface area contributed by atoms with Crippen LogP contribution in [0, 0.1) is 0 Å². The number of anilines is 1. The molecule has 0 bridgehead atoms. The molecule has 204 valence electrons. The SMILES string of the molecule is C=CCN(Cc1cccn1Cc1cccc(C(F)(F)F)c1)C(=O)Nc1cc(C(F)(F)F)cc(C(F)(F)F)c1. The van der Waals surface area contributed by atoms with Crippen LogP contribution in [0.2, 0.25) is 0 Å². The minimum absolute atomic E-state index is 0.0123. The molecule has 0 aliphatic heterocycles. The van der Waals surface area contributed by atoms with Gasteiger partial charge in [0, 0.05) is 30.7 Å². The zero-order chi connectivity index (χ0) is 28.3. The van der Waals surface area contributed by atoms with Crippen molar-refractivity contribution < 1.29 is 44.3 Å². The lowest BCUT2D eigenvalue weighted by atomic mass is 10.1. The molecule has 0 saturated carbocycles. The first-order chi connectivity index (χ1) is 17.6. The molecule has 1 N–H and O–H groups in total. The number of hydrogen-bond acceptors (Lipinski definition) is 1. The van der Waals surface area contributed by atoms with E-state index in [1.165, 1.54) is 18.2 Å². The normalized spacial score (nSPS) is 12.3. The third kappa shape index (κ3) is 7.33. The second-order valence-electron chi connectivity index (χ2n) is 8.22. The van der Waals surface area contributed by atoms with Crippen molar-refractivity contribution in [3.8, 4) is 0 Å². The van der Waals surface area contributed by atoms with Crippen LogP contribution in [-0.2, 0) is 31.6 Å². The number of carbonyl (C=O) groups is 1. The molecule has 0 spiro atoms. The number of alkyl halides is 9. The Morgan fingerprint density at radius 3 is 2.00 bits per heavy atom. The number of amides is 2. The van der Waals surface area contributed by atoms with Crippen molar-refractivity contribution in [2.75, 3.05) is 11.9 Å². The molecule has 3 aromatic rings. The zero-order valence-corrected chi connectivity index (χ0v) is 19.4. The van der Waals surface area contributed by atoms with Crippen LogP contribution < -0.4 is 5.32 Å². The number of nitrogens with one attached hydrogen (secondary N) is 1. The summed E-state index contributed by atoms with van der Waals surface area (Å²) in [6.45, 7) is 3.21. The molecule has 38 heavy (non-hydrogen) atoms. The Kier molecular flexibility index (Phi) is 8.18. The first-order valence-electron chi connectivity index (χ1n) is 10.8. The standard InChI is InChI=1S/C25H20F9N3O/c1-2-8-37(22(38)35-20-12-18(24(29,30)31)11-19(13-20)25(32,33)34)15-21-7-4-9-36(21)14-16-5-3-6-17(10-16)23(26,27)28/h2-7,9-13H,1,8,14-15H2,(H,35,38). The molecule has 2 aromatic carbocycles. The van der Waals surface area contributed by atoms with Crippen molar-refractivity contribution >= 4 is 11.7 Å². The highest BCUT2D eigenvalue weighted by molar-refractivity contribution is 5.89. The van der Waals surface area contributed by atoms with E-state index < -0.39 is 46.9 Å². The Labute approximate surface area is 211 Å². The summed E-state index contributed by atoms with van der Waals surface area (Å²) >= 11 is 0. The molecule has 0 saturated heterocycles. The number of carbonyl (C=O) groups excluding carboxylic acids is 1. The largest absolute Gasteiger partial charge is 0.416 e. The summed E-state index contributed by atoms with van der Waals surface area (Å²) < 4.78 is 120. The van der Waals surface area contributed by atoms with Crippen LogP contribution in [0.15, 0.2) is 73.4 Å². The Bertz CT molecular complexity index is 1260. The molecule has 3 rings (SSSR count). The van der Waals surface area contributed by atoms with E-state index in [2.05, 4.69) is 11.9 Å². The van der Waals surface area contributed by atoms with Gasteiger partial charge in [-0.25, -0.2) is 4.79 Å². The molecule has 0 aliphatic carbocycles. The van der Waals surface area contributed by atoms with Gasteiger partial charge in [0.25, 0.3) is 0 Å². The maximum Gasteiger partial charge on any atom is 0.416 e. The van der Waals surface area contributed by atoms with Gasteiger partial charge in [0.15, 0.2) is 0 Å². The fourth-order valence-corrected chi connectivity index (χ4v) is 3.59. The number of benzene rings is 2. The number of urea groups is 1. The van der Waals surface area contributed by atoms with E-state index in [9.17, 15) is 44.3 Å². The van der Waals surface area contributed by atoms with Gasteiger partial charge >= 0.3 is 24.6 Å². The fraction of sp³-hybridized carbons (Fsp3) is 0.240. The van der Waals surface area contributed by atoms with Crippen LogP contribution in [0.5, 0.6) is 0 Å². The maximum absolute atomic E-state index is 13.1. The predicted octanol–water partition coefficient (Wildman–Crippen LogP) is 7.81. The predicted molar refractivity (Wildman–Crippen MR) is 121 cm³/mol. The Hall–Kier alpha value is -3.90. The van der Waals surface area contributed by atoms with Gasteiger partial charge in [0.2, 0.25) is 0 Å². The first kappa shape index (κ1) is 28.7. The molecule has 0 radical (unpaired) electrons. The van der Waals surface area contributed by atoms with E-state index in [1.54, 1.807) is 22.9 Å². The van der Waals surface area contributed by atoms with E-state index in [0.29, 0.717) is 23.4 Å². The minimum atomic E-state index is -5.09. The second kappa shape index (κ2) is 10.8. The molecule has 0 aliphatic rings. The van der Waals surface area contributed by atoms with E-state index in [4.69, 9.17) is 0 Å². The summed E-state index contributed by atoms with van der Waals surface area (Å²) in [4.78, 5) is 13.9. The van der Waals surface area contributed by atoms with Gasteiger partial charge in [0.05, 0.1) is 23.2 Å². The van der Waals surface area contributed by atoms with Gasteiger partial charge in [-0.05, 0) is 48.0 Å². The smallest absolute Gasteiger partial charge is 0.345 e. The van der Waals surface area contributed by atoms with Gasteiger partial charge in [-0.2, -0.15) is 39.5 Å². The molecule has 2 amide bonds. The van der Waals surface area contributed by atoms with Crippen molar-refractivity contribution in [1.29, 1.82) is 0 Å². The number of halogens is 9. The van der Waals surface area contributed by atoms with Gasteiger partial charge in [0.1, 0.15) is 0 Å². The highest BCUT2D eigenvalue weighted by Gasteiger charge is 2.37. The lowest BCUT2D eigenvalue weighted by molar-refractivity contribution is -0.143. The molecule has 1 aromatic heterocycles. The lowest BCUT2D eigenvalue weighted by Crippen LogP contribution is -2.35. The topological polar surface area (TPSA) is 37.3 Å². The zero-order valence-electron chi connectivity index (χ0n) is 19.4. The van der Waals surface area contributed by atoms with Crippen molar-refractivity contribution in [1.82, 2.24) is 9.47 Å². The van der Waals surface area contributed by atoms with Crippen molar-refractivity contribution in [3.63, 3.8) is 0 Å². The number of nitrogens with zero attached hydrogens (tertiary/aromatic N) is 2. The van der Waals surface area contributed by atoms with Crippen LogP contribution in [0.3, 0.4) is 0 Å². The van der Waals surface area contributed by atoms with Gasteiger partial charge < -0.3 is 14.8 Å². The molecule has 0 fully saturated rings. The Morgan fingerprint density at radius 1 is 0.842 bits per heavy atom. The Morgan fingerprint density at radius 2 is 1.45 bits per heavy atom. The number of hydrogen-bond donors (Lipinski definition) is 1. The third-order valence-corrected chi connectivity index (χ3v) is 5.36. The van der Waals surface area contributed by atoms with Crippen LogP contribution in [0.1, 0.15) is 27.9 Å². The van der Waals surface area contributed by atoms with Crippen molar-refractivity contribution in [2.45, 2.75) is 31.6 Å². The molecule has 4 nitrogen and oxygen atoms in total. The summed E-state index contributed by atoms with van der Waals surface area (Å²) in [7, 11) is 0. The summed E-state index contributed by atoms with van der Waals surface area (Å²) in [5.74, 6) is 0. The molecule has 1 heterocycles. The average Bonchev–Trinajstić information content (AvgIpc) is 3.23. The molecule has 13 heteroatoms. The molecule has 0 atom stereocenters. The minimum Gasteiger partial charge on any atom is -0.345 e. The van der Waals surface area contributed by atoms with Crippen molar-refractivity contribution in [2.24, 2.45) is 0 Å². The van der Waals surface area contributed by atoms with Gasteiger partial charge in [-0.15, -0.1) is 6.58 Å². The van der Waals surface area contributed by atoms with E-state index >= 15 is 0 Å². The van der Waals surface area contributed by atoms with Crippen LogP contribution in [-0.4, -0.2) is 22.0 Å². The monoisotopic (exact) mass is 549 g/mol. The van der Waals surface area contributed by atoms with E-state index in [1.807, 2.05) is 0 Å². The molecular formula is C25H20F9N3O. The summed E-state index contributed by atoms with van der Waals surface area (Å²) in [5, 5.41) is 2.06. The third-order valence-electron chi connectivity index (χ3n) is 5.36. The average molecular weight is 549 g/mol. The fourth-order valence-electron chi connectivity index (χ4n) is 3.59. The second-order valence-corrected chi connectivity index (χ2v) is 8.22. The molecule has 0 unspecified atom stereocenters. The van der Waals surface area contributed by atoms with E-state index in [0.717, 1.165) is 17.0 Å². The van der Waals surface area contributed by atoms with Gasteiger partial charge in [-0.1, -0.05) is 18.2 Å². The summed E-state index contributed by atoms with van der Waals surface area (Å²) in [5.41, 5.74) is -3.97. The lowest BCUT2D eigenvalue weighted by Gasteiger charge is -2.23. The van der Waals surface area contributed by atoms with Crippen LogP contribution in [0.4, 0.5) is 50.0 Å². The maximum atomic E-state index is 13.1. The number of aromatic nitrogens is 1. The number of rotatable bonds is 7. The summed E-state index contributed by atoms with van der Waals surface area (Å²) in [6.07, 6.45) is -11.9. The van der Waals surface area contributed by atoms with Crippen LogP contribution in [0.25, 0.3) is 0 Å². The highest BCUT2D eigenvalue weighted by Crippen LogP contribution is 2.37. The molecular weight excluding hydrogens is 529 g/mol. The quantitative estimate of drug-likeness (QED) is 0.237. The van der Waals surface area contributed by atoms with Crippen LogP contribution >= 0.6 is 0 Å². The van der Waals surface area contributed by atoms with E-state index in [-0.39, 0.29) is 25.7 Å².